The number of carbonyl (C=O) groups excluding carboxylic acids is 1. The van der Waals surface area contributed by atoms with E-state index >= 15 is 0 Å². The predicted molar refractivity (Wildman–Crippen MR) is 166 cm³/mol. The van der Waals surface area contributed by atoms with Crippen LogP contribution in [0.25, 0.3) is 0 Å². The molecule has 0 aromatic rings. The molecule has 41 heavy (non-hydrogen) atoms. The zero-order chi connectivity index (χ0) is 29.6. The van der Waals surface area contributed by atoms with Crippen LogP contribution >= 0.6 is 0 Å². The Kier molecular flexibility index (Phi) is 7.02. The number of hydrogen-bond donors (Lipinski definition) is 1. The first-order valence-corrected chi connectivity index (χ1v) is 16.9. The summed E-state index contributed by atoms with van der Waals surface area (Å²) in [5, 5.41) is 11.0. The van der Waals surface area contributed by atoms with E-state index in [1.165, 1.54) is 70.5 Å². The third kappa shape index (κ3) is 3.97. The topological polar surface area (TPSA) is 46.5 Å². The monoisotopic (exact) mass is 560 g/mol. The molecular weight excluding hydrogens is 504 g/mol. The SMILES string of the molecule is C=C(C)C1CCC2(C#CC3=C(C(=O)OC)CCC3)CC[C@]3(C)C(CCC4[C@@]5(C)CC[C@H](O)C(C)(C)C5CC[C@]43C)C12. The van der Waals surface area contributed by atoms with Crippen molar-refractivity contribution in [2.75, 3.05) is 7.11 Å². The molecule has 0 aromatic carbocycles. The van der Waals surface area contributed by atoms with Crippen molar-refractivity contribution in [3.63, 3.8) is 0 Å². The Balaban J connectivity index is 1.38. The van der Waals surface area contributed by atoms with Crippen LogP contribution < -0.4 is 0 Å². The molecular formula is C38H56O3. The van der Waals surface area contributed by atoms with Crippen LogP contribution in [-0.2, 0) is 9.53 Å². The highest BCUT2D eigenvalue weighted by Crippen LogP contribution is 2.77. The van der Waals surface area contributed by atoms with Crippen molar-refractivity contribution in [1.29, 1.82) is 0 Å². The number of aliphatic hydroxyl groups is 1. The van der Waals surface area contributed by atoms with Crippen LogP contribution in [0.15, 0.2) is 23.3 Å². The average molecular weight is 561 g/mol. The molecule has 6 aliphatic carbocycles. The van der Waals surface area contributed by atoms with Gasteiger partial charge in [-0.25, -0.2) is 4.79 Å². The second kappa shape index (κ2) is 9.74. The molecule has 0 amide bonds. The first-order chi connectivity index (χ1) is 19.2. The van der Waals surface area contributed by atoms with E-state index in [1.54, 1.807) is 0 Å². The molecule has 0 heterocycles. The van der Waals surface area contributed by atoms with Gasteiger partial charge in [0.1, 0.15) is 0 Å². The minimum atomic E-state index is -0.183. The Labute approximate surface area is 250 Å². The summed E-state index contributed by atoms with van der Waals surface area (Å²) in [6, 6.07) is 0. The Bertz CT molecular complexity index is 1210. The van der Waals surface area contributed by atoms with E-state index in [0.717, 1.165) is 42.7 Å². The van der Waals surface area contributed by atoms with Gasteiger partial charge in [0.05, 0.1) is 13.2 Å². The number of aliphatic hydroxyl groups excluding tert-OH is 1. The molecule has 3 nitrogen and oxygen atoms in total. The van der Waals surface area contributed by atoms with Crippen molar-refractivity contribution >= 4 is 5.97 Å². The van der Waals surface area contributed by atoms with E-state index < -0.39 is 0 Å². The van der Waals surface area contributed by atoms with Gasteiger partial charge in [-0.15, -0.1) is 0 Å². The highest BCUT2D eigenvalue weighted by atomic mass is 16.5. The van der Waals surface area contributed by atoms with Crippen molar-refractivity contribution in [3.8, 4) is 11.8 Å². The molecule has 0 spiro atoms. The highest BCUT2D eigenvalue weighted by Gasteiger charge is 2.70. The van der Waals surface area contributed by atoms with Crippen molar-refractivity contribution in [2.45, 2.75) is 131 Å². The highest BCUT2D eigenvalue weighted by molar-refractivity contribution is 5.90. The summed E-state index contributed by atoms with van der Waals surface area (Å²) in [5.74, 6) is 10.5. The van der Waals surface area contributed by atoms with Gasteiger partial charge < -0.3 is 9.84 Å². The number of allylic oxidation sites excluding steroid dienone is 2. The maximum absolute atomic E-state index is 12.5. The van der Waals surface area contributed by atoms with Crippen LogP contribution in [0.5, 0.6) is 0 Å². The standard InChI is InChI=1S/C38H56O3/c1-24(2)26-15-21-38(20-14-25-10-9-11-27(25)33(40)41-8)23-22-36(6)28(32(26)38)12-13-30-35(5)18-17-31(39)34(3,4)29(35)16-19-37(30,36)7/h26,28-32,39H,1,9-13,15-19,21-23H2,2-8H3/t26?,28?,29?,30?,31-,32?,35-,36+,37+,38?/m0/s1. The molecule has 0 bridgehead atoms. The van der Waals surface area contributed by atoms with Crippen molar-refractivity contribution < 1.29 is 14.6 Å². The van der Waals surface area contributed by atoms with Gasteiger partial charge >= 0.3 is 5.97 Å². The molecule has 0 aliphatic heterocycles. The number of ether oxygens (including phenoxy) is 1. The average Bonchev–Trinajstić information content (AvgIpc) is 3.55. The van der Waals surface area contributed by atoms with Gasteiger partial charge in [-0.2, -0.15) is 0 Å². The Morgan fingerprint density at radius 3 is 2.37 bits per heavy atom. The number of rotatable bonds is 2. The number of methoxy groups -OCH3 is 1. The summed E-state index contributed by atoms with van der Waals surface area (Å²) in [7, 11) is 1.49. The lowest BCUT2D eigenvalue weighted by molar-refractivity contribution is -0.244. The van der Waals surface area contributed by atoms with E-state index in [9.17, 15) is 9.90 Å². The normalized spacial score (nSPS) is 48.2. The Morgan fingerprint density at radius 2 is 1.66 bits per heavy atom. The lowest BCUT2D eigenvalue weighted by Crippen LogP contribution is -2.66. The van der Waals surface area contributed by atoms with Gasteiger partial charge in [-0.05, 0) is 142 Å². The second-order valence-electron chi connectivity index (χ2n) is 16.8. The molecule has 226 valence electrons. The molecule has 6 rings (SSSR count). The molecule has 6 aliphatic rings. The van der Waals surface area contributed by atoms with Crippen LogP contribution in [0.4, 0.5) is 0 Å². The van der Waals surface area contributed by atoms with Crippen LogP contribution in [0.1, 0.15) is 125 Å². The number of esters is 1. The lowest BCUT2D eigenvalue weighted by Gasteiger charge is -2.72. The molecule has 0 saturated heterocycles. The van der Waals surface area contributed by atoms with Gasteiger partial charge in [0, 0.05) is 16.6 Å². The van der Waals surface area contributed by atoms with Crippen LogP contribution in [0.2, 0.25) is 0 Å². The zero-order valence-corrected chi connectivity index (χ0v) is 27.1. The molecule has 6 unspecified atom stereocenters. The second-order valence-corrected chi connectivity index (χ2v) is 16.8. The van der Waals surface area contributed by atoms with Crippen LogP contribution in [0.3, 0.4) is 0 Å². The summed E-state index contributed by atoms with van der Waals surface area (Å²) < 4.78 is 5.11. The van der Waals surface area contributed by atoms with Gasteiger partial charge in [0.15, 0.2) is 0 Å². The third-order valence-electron chi connectivity index (χ3n) is 15.2. The lowest BCUT2D eigenvalue weighted by atomic mass is 9.32. The summed E-state index contributed by atoms with van der Waals surface area (Å²) in [6.45, 7) is 19.5. The van der Waals surface area contributed by atoms with E-state index in [1.807, 2.05) is 0 Å². The van der Waals surface area contributed by atoms with Gasteiger partial charge in [0.2, 0.25) is 0 Å². The fourth-order valence-electron chi connectivity index (χ4n) is 12.8. The molecule has 1 N–H and O–H groups in total. The van der Waals surface area contributed by atoms with Gasteiger partial charge in [-0.1, -0.05) is 58.6 Å². The summed E-state index contributed by atoms with van der Waals surface area (Å²) in [5.41, 5.74) is 4.16. The van der Waals surface area contributed by atoms with Crippen LogP contribution in [-0.4, -0.2) is 24.3 Å². The largest absolute Gasteiger partial charge is 0.466 e. The molecule has 0 radical (unpaired) electrons. The quantitative estimate of drug-likeness (QED) is 0.209. The van der Waals surface area contributed by atoms with E-state index in [0.29, 0.717) is 39.9 Å². The molecule has 3 heteroatoms. The fourth-order valence-corrected chi connectivity index (χ4v) is 12.8. The first kappa shape index (κ1) is 29.5. The molecule has 0 aromatic heterocycles. The predicted octanol–water partition coefficient (Wildman–Crippen LogP) is 8.66. The summed E-state index contributed by atoms with van der Waals surface area (Å²) in [4.78, 5) is 12.5. The molecule has 10 atom stereocenters. The fraction of sp³-hybridized carbons (Fsp3) is 0.816. The minimum Gasteiger partial charge on any atom is -0.466 e. The van der Waals surface area contributed by atoms with Crippen molar-refractivity contribution in [2.24, 2.45) is 56.7 Å². The maximum Gasteiger partial charge on any atom is 0.334 e. The van der Waals surface area contributed by atoms with E-state index in [4.69, 9.17) is 4.74 Å². The summed E-state index contributed by atoms with van der Waals surface area (Å²) in [6.07, 6.45) is 14.6. The number of hydrogen-bond acceptors (Lipinski definition) is 3. The van der Waals surface area contributed by atoms with Crippen LogP contribution in [0, 0.1) is 68.5 Å². The van der Waals surface area contributed by atoms with E-state index in [-0.39, 0.29) is 22.9 Å². The van der Waals surface area contributed by atoms with Crippen molar-refractivity contribution in [1.82, 2.24) is 0 Å². The smallest absolute Gasteiger partial charge is 0.334 e. The number of carbonyl (C=O) groups is 1. The minimum absolute atomic E-state index is 0.00212. The molecule has 5 fully saturated rings. The summed E-state index contributed by atoms with van der Waals surface area (Å²) >= 11 is 0. The first-order valence-electron chi connectivity index (χ1n) is 16.9. The Hall–Kier alpha value is -1.53. The number of fused-ring (bicyclic) bond motifs is 7. The maximum atomic E-state index is 12.5. The van der Waals surface area contributed by atoms with E-state index in [2.05, 4.69) is 60.0 Å². The zero-order valence-electron chi connectivity index (χ0n) is 27.1. The Morgan fingerprint density at radius 1 is 0.902 bits per heavy atom. The van der Waals surface area contributed by atoms with Gasteiger partial charge in [0.25, 0.3) is 0 Å². The molecule has 5 saturated carbocycles. The van der Waals surface area contributed by atoms with Crippen molar-refractivity contribution in [3.05, 3.63) is 23.3 Å². The van der Waals surface area contributed by atoms with Gasteiger partial charge in [-0.3, -0.25) is 0 Å². The third-order valence-corrected chi connectivity index (χ3v) is 15.2.